The van der Waals surface area contributed by atoms with Gasteiger partial charge in [0.05, 0.1) is 19.6 Å². The number of amides is 1. The fourth-order valence-corrected chi connectivity index (χ4v) is 7.00. The molecule has 304 valence electrons. The van der Waals surface area contributed by atoms with Gasteiger partial charge in [0, 0.05) is 35.7 Å². The maximum Gasteiger partial charge on any atom is 0.490 e. The fourth-order valence-electron chi connectivity index (χ4n) is 7.00. The Morgan fingerprint density at radius 1 is 0.782 bits per heavy atom. The van der Waals surface area contributed by atoms with Gasteiger partial charge >= 0.3 is 18.1 Å². The molecule has 13 nitrogen and oxygen atoms in total. The first-order valence-electron chi connectivity index (χ1n) is 16.8. The van der Waals surface area contributed by atoms with E-state index >= 15 is 0 Å². The molecule has 1 amide bonds. The van der Waals surface area contributed by atoms with Crippen LogP contribution in [0.2, 0.25) is 0 Å². The maximum atomic E-state index is 14.9. The van der Waals surface area contributed by atoms with Crippen molar-refractivity contribution in [3.05, 3.63) is 70.8 Å². The molecule has 0 spiro atoms. The number of rotatable bonds is 9. The van der Waals surface area contributed by atoms with Crippen LogP contribution in [0.5, 0.6) is 0 Å². The molecular formula is C35H39F7N2O11. The zero-order valence-electron chi connectivity index (χ0n) is 29.9. The summed E-state index contributed by atoms with van der Waals surface area (Å²) < 4.78 is 130. The molecule has 4 aliphatic heterocycles. The number of methoxy groups -OCH3 is 1. The second-order valence-electron chi connectivity index (χ2n) is 14.1. The zero-order valence-corrected chi connectivity index (χ0v) is 29.9. The first kappa shape index (κ1) is 42.2. The van der Waals surface area contributed by atoms with E-state index < -0.39 is 120 Å². The number of nitrogens with one attached hydrogen (secondary N) is 1. The Balaban J connectivity index is 0.000000757. The molecule has 10 atom stereocenters. The lowest BCUT2D eigenvalue weighted by Crippen LogP contribution is -2.52. The molecule has 0 bridgehead atoms. The molecule has 4 aliphatic rings. The smallest absolute Gasteiger partial charge is 0.475 e. The van der Waals surface area contributed by atoms with E-state index in [9.17, 15) is 40.3 Å². The number of hydrogen-bond acceptors (Lipinski definition) is 11. The molecule has 55 heavy (non-hydrogen) atoms. The molecule has 6 rings (SSSR count). The van der Waals surface area contributed by atoms with E-state index in [4.69, 9.17) is 48.8 Å². The van der Waals surface area contributed by atoms with E-state index in [1.807, 2.05) is 0 Å². The van der Waals surface area contributed by atoms with Crippen molar-refractivity contribution in [2.75, 3.05) is 7.11 Å². The lowest BCUT2D eigenvalue weighted by molar-refractivity contribution is -0.193. The number of halogens is 7. The first-order valence-corrected chi connectivity index (χ1v) is 16.8. The van der Waals surface area contributed by atoms with Crippen molar-refractivity contribution in [3.8, 4) is 0 Å². The van der Waals surface area contributed by atoms with Crippen LogP contribution >= 0.6 is 0 Å². The summed E-state index contributed by atoms with van der Waals surface area (Å²) in [5.74, 6) is -9.47. The molecule has 4 fully saturated rings. The van der Waals surface area contributed by atoms with Crippen LogP contribution < -0.4 is 11.1 Å². The number of alkyl halides is 3. The topological polar surface area (TPSA) is 174 Å². The van der Waals surface area contributed by atoms with Gasteiger partial charge in [-0.05, 0) is 39.8 Å². The number of carbonyl (C=O) groups excluding carboxylic acids is 2. The quantitative estimate of drug-likeness (QED) is 0.244. The number of hydrogen-bond donors (Lipinski definition) is 3. The summed E-state index contributed by atoms with van der Waals surface area (Å²) in [7, 11) is 1.18. The normalized spacial score (nSPS) is 30.1. The van der Waals surface area contributed by atoms with Gasteiger partial charge in [-0.25, -0.2) is 22.4 Å². The second kappa shape index (κ2) is 15.9. The number of nitrogens with two attached hydrogens (primary N) is 1. The lowest BCUT2D eigenvalue weighted by Gasteiger charge is -2.30. The van der Waals surface area contributed by atoms with Gasteiger partial charge in [0.1, 0.15) is 72.1 Å². The van der Waals surface area contributed by atoms with E-state index in [1.165, 1.54) is 19.2 Å². The van der Waals surface area contributed by atoms with E-state index in [1.54, 1.807) is 27.7 Å². The Morgan fingerprint density at radius 3 is 1.62 bits per heavy atom. The maximum absolute atomic E-state index is 14.9. The summed E-state index contributed by atoms with van der Waals surface area (Å²) in [6.07, 6.45) is -13.1. The highest BCUT2D eigenvalue weighted by molar-refractivity contribution is 5.78. The Morgan fingerprint density at radius 2 is 1.20 bits per heavy atom. The third-order valence-corrected chi connectivity index (χ3v) is 9.16. The summed E-state index contributed by atoms with van der Waals surface area (Å²) in [6, 6.07) is 4.09. The van der Waals surface area contributed by atoms with Crippen LogP contribution in [-0.4, -0.2) is 96.5 Å². The van der Waals surface area contributed by atoms with E-state index in [0.29, 0.717) is 0 Å². The van der Waals surface area contributed by atoms with Gasteiger partial charge < -0.3 is 49.3 Å². The average molecular weight is 797 g/mol. The standard InChI is InChI=1S/C33H38F4N2O9.C2HF3O2/c1-32(2)45-28-24(16-8-6-14(34)10-18(16)36)43-26(30(28)47-32)20(38)12-22(40)39-21(13-23(41)42-5)27-31-29(46-33(3,4)48-31)25(44-27)17-9-7-15(35)11-19(17)37;3-2(4,5)1(6)7/h6-11,20-21,24-31H,12-13,38H2,1-5H3,(H,39,40);(H,6,7)/t20-,21+,24+,25+,26-,27-,28-,29-,30+,31+;/m1./s1. The van der Waals surface area contributed by atoms with Gasteiger partial charge in [-0.15, -0.1) is 0 Å². The number of carboxylic acid groups (broad SMARTS) is 1. The van der Waals surface area contributed by atoms with Gasteiger partial charge in [-0.2, -0.15) is 13.2 Å². The fraction of sp³-hybridized carbons (Fsp3) is 0.571. The highest BCUT2D eigenvalue weighted by atomic mass is 19.4. The number of carboxylic acids is 1. The van der Waals surface area contributed by atoms with Crippen LogP contribution in [0, 0.1) is 23.3 Å². The molecule has 2 aromatic carbocycles. The van der Waals surface area contributed by atoms with E-state index in [0.717, 1.165) is 24.3 Å². The van der Waals surface area contributed by atoms with Crippen molar-refractivity contribution in [1.82, 2.24) is 5.32 Å². The first-order chi connectivity index (χ1) is 25.5. The monoisotopic (exact) mass is 796 g/mol. The molecule has 4 N–H and O–H groups in total. The Kier molecular flexibility index (Phi) is 12.2. The lowest BCUT2D eigenvalue weighted by atomic mass is 9.96. The molecule has 4 saturated heterocycles. The Hall–Kier alpha value is -3.92. The van der Waals surface area contributed by atoms with Gasteiger partial charge in [-0.1, -0.05) is 12.1 Å². The van der Waals surface area contributed by atoms with Gasteiger partial charge in [0.15, 0.2) is 11.6 Å². The average Bonchev–Trinajstić information content (AvgIpc) is 3.76. The van der Waals surface area contributed by atoms with Crippen LogP contribution in [0.1, 0.15) is 63.9 Å². The highest BCUT2D eigenvalue weighted by Crippen LogP contribution is 2.48. The van der Waals surface area contributed by atoms with Crippen molar-refractivity contribution in [2.24, 2.45) is 5.73 Å². The second-order valence-corrected chi connectivity index (χ2v) is 14.1. The summed E-state index contributed by atoms with van der Waals surface area (Å²) >= 11 is 0. The number of esters is 1. The number of aliphatic carboxylic acids is 1. The number of benzene rings is 2. The van der Waals surface area contributed by atoms with Gasteiger partial charge in [0.25, 0.3) is 0 Å². The molecule has 0 unspecified atom stereocenters. The van der Waals surface area contributed by atoms with Crippen LogP contribution in [0.3, 0.4) is 0 Å². The van der Waals surface area contributed by atoms with Crippen LogP contribution in [0.15, 0.2) is 36.4 Å². The molecule has 20 heteroatoms. The zero-order chi connectivity index (χ0) is 40.8. The molecular weight excluding hydrogens is 757 g/mol. The molecule has 0 aliphatic carbocycles. The minimum Gasteiger partial charge on any atom is -0.475 e. The van der Waals surface area contributed by atoms with Crippen molar-refractivity contribution in [3.63, 3.8) is 0 Å². The largest absolute Gasteiger partial charge is 0.490 e. The van der Waals surface area contributed by atoms with Crippen molar-refractivity contribution in [2.45, 2.75) is 119 Å². The Bertz CT molecular complexity index is 1760. The van der Waals surface area contributed by atoms with Crippen LogP contribution in [0.25, 0.3) is 0 Å². The van der Waals surface area contributed by atoms with Crippen molar-refractivity contribution in [1.29, 1.82) is 0 Å². The molecule has 4 heterocycles. The minimum absolute atomic E-state index is 0.0159. The summed E-state index contributed by atoms with van der Waals surface area (Å²) in [5, 5.41) is 9.91. The van der Waals surface area contributed by atoms with Crippen molar-refractivity contribution < 1.29 is 83.4 Å². The summed E-state index contributed by atoms with van der Waals surface area (Å²) in [5.41, 5.74) is 6.58. The number of ether oxygens (including phenoxy) is 7. The van der Waals surface area contributed by atoms with Gasteiger partial charge in [-0.3, -0.25) is 9.59 Å². The Labute approximate surface area is 309 Å². The third-order valence-electron chi connectivity index (χ3n) is 9.16. The number of fused-ring (bicyclic) bond motifs is 2. The third kappa shape index (κ3) is 9.55. The molecule has 0 radical (unpaired) electrons. The van der Waals surface area contributed by atoms with Crippen molar-refractivity contribution >= 4 is 17.8 Å². The highest BCUT2D eigenvalue weighted by Gasteiger charge is 2.59. The van der Waals surface area contributed by atoms with E-state index in [-0.39, 0.29) is 24.0 Å². The predicted octanol–water partition coefficient (Wildman–Crippen LogP) is 4.26. The minimum atomic E-state index is -5.08. The van der Waals surface area contributed by atoms with E-state index in [2.05, 4.69) is 5.32 Å². The molecule has 0 saturated carbocycles. The molecule has 2 aromatic rings. The SMILES string of the molecule is COC(=O)C[C@H](NC(=O)C[C@@H](N)[C@H]1O[C@@H](c2ccc(F)cc2F)[C@H]2OC(C)(C)O[C@@H]12)[C@H]1O[C@@H](c2ccc(F)cc2F)[C@H]2OC(C)(C)O[C@@H]12.O=C(O)C(F)(F)F. The summed E-state index contributed by atoms with van der Waals surface area (Å²) in [4.78, 5) is 35.0. The molecule has 0 aromatic heterocycles. The predicted molar refractivity (Wildman–Crippen MR) is 170 cm³/mol. The van der Waals surface area contributed by atoms with Crippen LogP contribution in [0.4, 0.5) is 30.7 Å². The summed E-state index contributed by atoms with van der Waals surface area (Å²) in [6.45, 7) is 6.66. The van der Waals surface area contributed by atoms with Crippen LogP contribution in [-0.2, 0) is 47.5 Å². The number of carbonyl (C=O) groups is 3. The van der Waals surface area contributed by atoms with Gasteiger partial charge in [0.2, 0.25) is 5.91 Å².